The molecule has 0 saturated carbocycles. The smallest absolute Gasteiger partial charge is 0.304 e. The number of carboxylic acids is 1. The van der Waals surface area contributed by atoms with Gasteiger partial charge in [0.2, 0.25) is 0 Å². The quantitative estimate of drug-likeness (QED) is 0.907. The first-order valence-electron chi connectivity index (χ1n) is 6.24. The summed E-state index contributed by atoms with van der Waals surface area (Å²) >= 11 is 1.86. The van der Waals surface area contributed by atoms with Crippen LogP contribution in [0, 0.1) is 6.92 Å². The number of hydrogen-bond acceptors (Lipinski definition) is 3. The van der Waals surface area contributed by atoms with Crippen LogP contribution in [0.3, 0.4) is 0 Å². The van der Waals surface area contributed by atoms with Gasteiger partial charge in [0.15, 0.2) is 0 Å². The summed E-state index contributed by atoms with van der Waals surface area (Å²) in [6.07, 6.45) is 0.249. The molecule has 0 amide bonds. The van der Waals surface area contributed by atoms with Crippen LogP contribution in [0.25, 0.3) is 0 Å². The highest BCUT2D eigenvalue weighted by molar-refractivity contribution is 7.99. The monoisotopic (exact) mass is 265 g/mol. The number of thioether (sulfide) groups is 1. The molecule has 18 heavy (non-hydrogen) atoms. The normalized spacial score (nSPS) is 20.8. The first-order chi connectivity index (χ1) is 8.65. The molecule has 1 fully saturated rings. The summed E-state index contributed by atoms with van der Waals surface area (Å²) in [7, 11) is 0. The lowest BCUT2D eigenvalue weighted by atomic mass is 10.1. The number of aliphatic carboxylic acids is 1. The summed E-state index contributed by atoms with van der Waals surface area (Å²) in [5, 5.41) is 8.95. The number of nitrogens with zero attached hydrogens (tertiary/aromatic N) is 1. The number of carboxylic acid groups (broad SMARTS) is 1. The number of rotatable bonds is 4. The van der Waals surface area contributed by atoms with Crippen molar-refractivity contribution in [3.05, 3.63) is 35.4 Å². The zero-order chi connectivity index (χ0) is 13.0. The van der Waals surface area contributed by atoms with Crippen molar-refractivity contribution in [2.75, 3.05) is 18.1 Å². The van der Waals surface area contributed by atoms with Gasteiger partial charge in [-0.05, 0) is 12.5 Å². The zero-order valence-electron chi connectivity index (χ0n) is 10.6. The van der Waals surface area contributed by atoms with Gasteiger partial charge in [-0.1, -0.05) is 29.8 Å². The molecule has 1 aliphatic rings. The zero-order valence-corrected chi connectivity index (χ0v) is 11.4. The van der Waals surface area contributed by atoms with Gasteiger partial charge in [0, 0.05) is 30.6 Å². The van der Waals surface area contributed by atoms with Gasteiger partial charge in [0.25, 0.3) is 0 Å². The van der Waals surface area contributed by atoms with Crippen LogP contribution in [-0.4, -0.2) is 40.1 Å². The molecular formula is C14H19NO2S. The van der Waals surface area contributed by atoms with E-state index < -0.39 is 5.97 Å². The second-order valence-corrected chi connectivity index (χ2v) is 5.93. The molecule has 1 aromatic carbocycles. The van der Waals surface area contributed by atoms with Crippen LogP contribution in [0.2, 0.25) is 0 Å². The van der Waals surface area contributed by atoms with Gasteiger partial charge in [-0.15, -0.1) is 0 Å². The van der Waals surface area contributed by atoms with E-state index in [1.165, 1.54) is 11.1 Å². The molecule has 2 rings (SSSR count). The Morgan fingerprint density at radius 1 is 1.44 bits per heavy atom. The summed E-state index contributed by atoms with van der Waals surface area (Å²) in [5.41, 5.74) is 2.53. The Labute approximate surface area is 112 Å². The summed E-state index contributed by atoms with van der Waals surface area (Å²) in [5.74, 6) is 1.33. The van der Waals surface area contributed by atoms with Crippen molar-refractivity contribution in [3.8, 4) is 0 Å². The fourth-order valence-electron chi connectivity index (χ4n) is 2.21. The molecule has 4 heteroatoms. The Hall–Kier alpha value is -1.00. The highest BCUT2D eigenvalue weighted by atomic mass is 32.2. The van der Waals surface area contributed by atoms with Crippen LogP contribution in [0.1, 0.15) is 17.5 Å². The van der Waals surface area contributed by atoms with Crippen LogP contribution in [0.15, 0.2) is 24.3 Å². The predicted octanol–water partition coefficient (Wildman–Crippen LogP) is 2.39. The molecular weight excluding hydrogens is 246 g/mol. The van der Waals surface area contributed by atoms with Crippen molar-refractivity contribution < 1.29 is 9.90 Å². The second-order valence-electron chi connectivity index (χ2n) is 4.78. The maximum Gasteiger partial charge on any atom is 0.304 e. The Morgan fingerprint density at radius 2 is 2.17 bits per heavy atom. The maximum atomic E-state index is 10.9. The average Bonchev–Trinajstić information content (AvgIpc) is 2.34. The number of benzene rings is 1. The fourth-order valence-corrected chi connectivity index (χ4v) is 3.35. The van der Waals surface area contributed by atoms with Crippen molar-refractivity contribution in [1.82, 2.24) is 4.90 Å². The molecule has 1 unspecified atom stereocenters. The van der Waals surface area contributed by atoms with Gasteiger partial charge in [-0.25, -0.2) is 0 Å². The van der Waals surface area contributed by atoms with E-state index in [1.807, 2.05) is 11.8 Å². The van der Waals surface area contributed by atoms with Gasteiger partial charge in [0.1, 0.15) is 0 Å². The van der Waals surface area contributed by atoms with Gasteiger partial charge < -0.3 is 5.11 Å². The third-order valence-electron chi connectivity index (χ3n) is 3.27. The predicted molar refractivity (Wildman–Crippen MR) is 75.0 cm³/mol. The minimum absolute atomic E-state index is 0.169. The molecule has 1 saturated heterocycles. The highest BCUT2D eigenvalue weighted by Crippen LogP contribution is 2.21. The summed E-state index contributed by atoms with van der Waals surface area (Å²) in [6.45, 7) is 3.92. The molecule has 1 N–H and O–H groups in total. The largest absolute Gasteiger partial charge is 0.481 e. The van der Waals surface area contributed by atoms with Crippen molar-refractivity contribution in [3.63, 3.8) is 0 Å². The molecule has 0 aliphatic carbocycles. The van der Waals surface area contributed by atoms with Crippen LogP contribution in [0.5, 0.6) is 0 Å². The van der Waals surface area contributed by atoms with Gasteiger partial charge in [-0.3, -0.25) is 9.69 Å². The molecule has 0 bridgehead atoms. The van der Waals surface area contributed by atoms with Gasteiger partial charge >= 0.3 is 5.97 Å². The first kappa shape index (κ1) is 13.4. The molecule has 3 nitrogen and oxygen atoms in total. The van der Waals surface area contributed by atoms with Gasteiger partial charge in [-0.2, -0.15) is 11.8 Å². The average molecular weight is 265 g/mol. The van der Waals surface area contributed by atoms with E-state index in [0.29, 0.717) is 0 Å². The van der Waals surface area contributed by atoms with Crippen LogP contribution < -0.4 is 0 Å². The molecule has 1 aliphatic heterocycles. The van der Waals surface area contributed by atoms with Crippen molar-refractivity contribution in [2.45, 2.75) is 25.9 Å². The molecule has 0 radical (unpaired) electrons. The van der Waals surface area contributed by atoms with Gasteiger partial charge in [0.05, 0.1) is 6.42 Å². The highest BCUT2D eigenvalue weighted by Gasteiger charge is 2.24. The van der Waals surface area contributed by atoms with E-state index in [2.05, 4.69) is 36.1 Å². The Morgan fingerprint density at radius 3 is 2.83 bits per heavy atom. The van der Waals surface area contributed by atoms with Crippen LogP contribution in [-0.2, 0) is 11.3 Å². The molecule has 98 valence electrons. The lowest BCUT2D eigenvalue weighted by Crippen LogP contribution is -2.42. The summed E-state index contributed by atoms with van der Waals surface area (Å²) in [6, 6.07) is 8.66. The maximum absolute atomic E-state index is 10.9. The third kappa shape index (κ3) is 3.75. The van der Waals surface area contributed by atoms with E-state index in [9.17, 15) is 4.79 Å². The minimum Gasteiger partial charge on any atom is -0.481 e. The third-order valence-corrected chi connectivity index (χ3v) is 4.36. The van der Waals surface area contributed by atoms with E-state index >= 15 is 0 Å². The van der Waals surface area contributed by atoms with E-state index in [0.717, 1.165) is 24.6 Å². The molecule has 0 aromatic heterocycles. The summed E-state index contributed by atoms with van der Waals surface area (Å²) in [4.78, 5) is 13.2. The van der Waals surface area contributed by atoms with Crippen molar-refractivity contribution >= 4 is 17.7 Å². The van der Waals surface area contributed by atoms with Crippen LogP contribution >= 0.6 is 11.8 Å². The molecule has 1 atom stereocenters. The fraction of sp³-hybridized carbons (Fsp3) is 0.500. The Balaban J connectivity index is 2.00. The minimum atomic E-state index is -0.698. The Bertz CT molecular complexity index is 405. The van der Waals surface area contributed by atoms with E-state index in [4.69, 9.17) is 5.11 Å². The van der Waals surface area contributed by atoms with E-state index in [1.54, 1.807) is 0 Å². The lowest BCUT2D eigenvalue weighted by molar-refractivity contribution is -0.138. The van der Waals surface area contributed by atoms with Crippen molar-refractivity contribution in [2.24, 2.45) is 0 Å². The Kier molecular flexibility index (Phi) is 4.66. The second kappa shape index (κ2) is 6.25. The SMILES string of the molecule is Cc1ccc(CN2CCSCC2CC(=O)O)cc1. The molecule has 0 spiro atoms. The topological polar surface area (TPSA) is 40.5 Å². The van der Waals surface area contributed by atoms with Crippen LogP contribution in [0.4, 0.5) is 0 Å². The standard InChI is InChI=1S/C14H19NO2S/c1-11-2-4-12(5-3-11)9-15-6-7-18-10-13(15)8-14(16)17/h2-5,13H,6-10H2,1H3,(H,16,17). The number of hydrogen-bond donors (Lipinski definition) is 1. The molecule has 1 aromatic rings. The first-order valence-corrected chi connectivity index (χ1v) is 7.40. The number of carbonyl (C=O) groups is 1. The van der Waals surface area contributed by atoms with Crippen molar-refractivity contribution in [1.29, 1.82) is 0 Å². The lowest BCUT2D eigenvalue weighted by Gasteiger charge is -2.34. The summed E-state index contributed by atoms with van der Waals surface area (Å²) < 4.78 is 0. The van der Waals surface area contributed by atoms with E-state index in [-0.39, 0.29) is 12.5 Å². The number of aryl methyl sites for hydroxylation is 1. The molecule has 1 heterocycles.